The molecule has 0 aromatic heterocycles. The van der Waals surface area contributed by atoms with Gasteiger partial charge in [0, 0.05) is 6.54 Å². The topological polar surface area (TPSA) is 29.5 Å². The molecule has 31 heavy (non-hydrogen) atoms. The number of hydrogen-bond donors (Lipinski definition) is 0. The van der Waals surface area contributed by atoms with Gasteiger partial charge >= 0.3 is 0 Å². The summed E-state index contributed by atoms with van der Waals surface area (Å²) in [6.07, 6.45) is 2.68. The Kier molecular flexibility index (Phi) is 6.85. The number of thiocarbonyl (C=S) groups is 1. The van der Waals surface area contributed by atoms with Crippen LogP contribution in [-0.4, -0.2) is 21.7 Å². The summed E-state index contributed by atoms with van der Waals surface area (Å²) < 4.78 is 6.50. The van der Waals surface area contributed by atoms with Crippen LogP contribution in [0.4, 0.5) is 0 Å². The van der Waals surface area contributed by atoms with Crippen molar-refractivity contribution in [3.05, 3.63) is 106 Å². The number of carbonyl (C=O) groups is 1. The Morgan fingerprint density at radius 3 is 2.45 bits per heavy atom. The van der Waals surface area contributed by atoms with Crippen molar-refractivity contribution in [1.82, 2.24) is 4.90 Å². The van der Waals surface area contributed by atoms with Crippen LogP contribution in [0.15, 0.2) is 83.8 Å². The molecule has 5 heteroatoms. The van der Waals surface area contributed by atoms with E-state index in [1.54, 1.807) is 4.90 Å². The molecule has 4 rings (SSSR count). The fourth-order valence-corrected chi connectivity index (χ4v) is 4.67. The molecule has 1 aliphatic rings. The number of hydrogen-bond acceptors (Lipinski definition) is 4. The number of ether oxygens (including phenoxy) is 1. The summed E-state index contributed by atoms with van der Waals surface area (Å²) in [5.74, 6) is 0.778. The van der Waals surface area contributed by atoms with E-state index in [0.29, 0.717) is 22.4 Å². The minimum absolute atomic E-state index is 0.0225. The summed E-state index contributed by atoms with van der Waals surface area (Å²) in [7, 11) is 0. The molecule has 0 radical (unpaired) electrons. The van der Waals surface area contributed by atoms with Crippen molar-refractivity contribution in [2.24, 2.45) is 0 Å². The minimum Gasteiger partial charge on any atom is -0.489 e. The highest BCUT2D eigenvalue weighted by molar-refractivity contribution is 8.26. The van der Waals surface area contributed by atoms with Crippen molar-refractivity contribution in [2.45, 2.75) is 20.0 Å². The number of aryl methyl sites for hydroxylation is 1. The molecule has 1 heterocycles. The third kappa shape index (κ3) is 5.63. The second kappa shape index (κ2) is 9.94. The molecule has 0 spiro atoms. The second-order valence-electron chi connectivity index (χ2n) is 7.42. The van der Waals surface area contributed by atoms with E-state index in [0.717, 1.165) is 23.3 Å². The Morgan fingerprint density at radius 2 is 1.71 bits per heavy atom. The fraction of sp³-hybridized carbons (Fsp3) is 0.154. The van der Waals surface area contributed by atoms with Crippen molar-refractivity contribution >= 4 is 40.3 Å². The highest BCUT2D eigenvalue weighted by Gasteiger charge is 2.31. The Morgan fingerprint density at radius 1 is 0.968 bits per heavy atom. The molecule has 1 aliphatic heterocycles. The Hall–Kier alpha value is -2.89. The summed E-state index contributed by atoms with van der Waals surface area (Å²) in [6, 6.07) is 26.2. The predicted octanol–water partition coefficient (Wildman–Crippen LogP) is 6.02. The summed E-state index contributed by atoms with van der Waals surface area (Å²) in [6.45, 7) is 3.20. The molecule has 0 saturated carbocycles. The van der Waals surface area contributed by atoms with E-state index >= 15 is 0 Å². The van der Waals surface area contributed by atoms with Gasteiger partial charge in [0.15, 0.2) is 0 Å². The lowest BCUT2D eigenvalue weighted by atomic mass is 10.1. The van der Waals surface area contributed by atoms with Gasteiger partial charge in [-0.1, -0.05) is 96.3 Å². The van der Waals surface area contributed by atoms with Gasteiger partial charge in [-0.3, -0.25) is 9.69 Å². The molecule has 0 unspecified atom stereocenters. The average molecular weight is 446 g/mol. The van der Waals surface area contributed by atoms with Gasteiger partial charge in [-0.15, -0.1) is 0 Å². The SMILES string of the molecule is Cc1cccc(COc2ccc(/C=C3/SC(=S)N(CCc4ccccc4)C3=O)cc2)c1. The number of rotatable bonds is 7. The maximum absolute atomic E-state index is 12.8. The van der Waals surface area contributed by atoms with E-state index in [1.165, 1.54) is 22.9 Å². The molecule has 0 aliphatic carbocycles. The van der Waals surface area contributed by atoms with Crippen LogP contribution in [0, 0.1) is 6.92 Å². The highest BCUT2D eigenvalue weighted by atomic mass is 32.2. The molecule has 3 nitrogen and oxygen atoms in total. The maximum Gasteiger partial charge on any atom is 0.266 e. The molecule has 1 fully saturated rings. The number of nitrogens with zero attached hydrogens (tertiary/aromatic N) is 1. The summed E-state index contributed by atoms with van der Waals surface area (Å²) in [5, 5.41) is 0. The van der Waals surface area contributed by atoms with Crippen molar-refractivity contribution in [1.29, 1.82) is 0 Å². The summed E-state index contributed by atoms with van der Waals surface area (Å²) >= 11 is 6.81. The highest BCUT2D eigenvalue weighted by Crippen LogP contribution is 2.33. The molecule has 156 valence electrons. The van der Waals surface area contributed by atoms with Crippen LogP contribution in [0.5, 0.6) is 5.75 Å². The molecular weight excluding hydrogens is 422 g/mol. The largest absolute Gasteiger partial charge is 0.489 e. The first-order valence-corrected chi connectivity index (χ1v) is 11.4. The van der Waals surface area contributed by atoms with Crippen molar-refractivity contribution in [3.63, 3.8) is 0 Å². The van der Waals surface area contributed by atoms with Gasteiger partial charge < -0.3 is 4.74 Å². The minimum atomic E-state index is -0.0225. The Bertz CT molecular complexity index is 1110. The normalized spacial score (nSPS) is 15.0. The zero-order valence-electron chi connectivity index (χ0n) is 17.3. The van der Waals surface area contributed by atoms with Gasteiger partial charge in [0.25, 0.3) is 5.91 Å². The smallest absolute Gasteiger partial charge is 0.266 e. The average Bonchev–Trinajstić information content (AvgIpc) is 3.05. The zero-order valence-corrected chi connectivity index (χ0v) is 18.9. The number of amides is 1. The van der Waals surface area contributed by atoms with Gasteiger partial charge in [0.2, 0.25) is 0 Å². The molecule has 1 amide bonds. The molecule has 0 N–H and O–H groups in total. The monoisotopic (exact) mass is 445 g/mol. The van der Waals surface area contributed by atoms with Crippen molar-refractivity contribution in [2.75, 3.05) is 6.54 Å². The third-order valence-electron chi connectivity index (χ3n) is 5.01. The van der Waals surface area contributed by atoms with E-state index in [9.17, 15) is 4.79 Å². The van der Waals surface area contributed by atoms with Crippen LogP contribution >= 0.6 is 24.0 Å². The van der Waals surface area contributed by atoms with Crippen LogP contribution in [0.25, 0.3) is 6.08 Å². The summed E-state index contributed by atoms with van der Waals surface area (Å²) in [5.41, 5.74) is 4.51. The first kappa shape index (κ1) is 21.3. The molecule has 3 aromatic rings. The standard InChI is InChI=1S/C26H23NO2S2/c1-19-6-5-9-22(16-19)18-29-23-12-10-21(11-13-23)17-24-25(28)27(26(30)31-24)15-14-20-7-3-2-4-8-20/h2-13,16-17H,14-15,18H2,1H3/b24-17+. The van der Waals surface area contributed by atoms with E-state index < -0.39 is 0 Å². The van der Waals surface area contributed by atoms with Gasteiger partial charge in [-0.2, -0.15) is 0 Å². The van der Waals surface area contributed by atoms with Gasteiger partial charge in [-0.25, -0.2) is 0 Å². The molecule has 3 aromatic carbocycles. The van der Waals surface area contributed by atoms with Crippen LogP contribution < -0.4 is 4.74 Å². The maximum atomic E-state index is 12.8. The lowest BCUT2D eigenvalue weighted by molar-refractivity contribution is -0.122. The first-order chi connectivity index (χ1) is 15.1. The second-order valence-corrected chi connectivity index (χ2v) is 9.09. The lowest BCUT2D eigenvalue weighted by Gasteiger charge is -2.14. The number of benzene rings is 3. The van der Waals surface area contributed by atoms with Gasteiger partial charge in [0.1, 0.15) is 16.7 Å². The molecule has 0 bridgehead atoms. The van der Waals surface area contributed by atoms with E-state index in [1.807, 2.05) is 54.6 Å². The van der Waals surface area contributed by atoms with E-state index in [-0.39, 0.29) is 5.91 Å². The zero-order chi connectivity index (χ0) is 21.6. The summed E-state index contributed by atoms with van der Waals surface area (Å²) in [4.78, 5) is 15.2. The fourth-order valence-electron chi connectivity index (χ4n) is 3.36. The third-order valence-corrected chi connectivity index (χ3v) is 6.38. The van der Waals surface area contributed by atoms with Crippen molar-refractivity contribution in [3.8, 4) is 5.75 Å². The van der Waals surface area contributed by atoms with E-state index in [2.05, 4.69) is 37.3 Å². The number of thioether (sulfide) groups is 1. The number of carbonyl (C=O) groups excluding carboxylic acids is 1. The van der Waals surface area contributed by atoms with Crippen LogP contribution in [0.1, 0.15) is 22.3 Å². The Balaban J connectivity index is 1.36. The van der Waals surface area contributed by atoms with Gasteiger partial charge in [-0.05, 0) is 48.2 Å². The molecule has 0 atom stereocenters. The lowest BCUT2D eigenvalue weighted by Crippen LogP contribution is -2.30. The predicted molar refractivity (Wildman–Crippen MR) is 132 cm³/mol. The molecular formula is C26H23NO2S2. The van der Waals surface area contributed by atoms with E-state index in [4.69, 9.17) is 17.0 Å². The first-order valence-electron chi connectivity index (χ1n) is 10.2. The van der Waals surface area contributed by atoms with Crippen LogP contribution in [-0.2, 0) is 17.8 Å². The quantitative estimate of drug-likeness (QED) is 0.329. The van der Waals surface area contributed by atoms with Gasteiger partial charge in [0.05, 0.1) is 4.91 Å². The Labute approximate surface area is 192 Å². The molecule has 1 saturated heterocycles. The van der Waals surface area contributed by atoms with Crippen molar-refractivity contribution < 1.29 is 9.53 Å². The van der Waals surface area contributed by atoms with Crippen LogP contribution in [0.2, 0.25) is 0 Å². The van der Waals surface area contributed by atoms with Crippen LogP contribution in [0.3, 0.4) is 0 Å².